The van der Waals surface area contributed by atoms with Gasteiger partial charge in [0.15, 0.2) is 0 Å². The smallest absolute Gasteiger partial charge is 0.225 e. The van der Waals surface area contributed by atoms with Gasteiger partial charge in [-0.2, -0.15) is 0 Å². The number of halogens is 1. The number of hydrogen-bond acceptors (Lipinski definition) is 3. The Morgan fingerprint density at radius 1 is 1.26 bits per heavy atom. The minimum Gasteiger partial charge on any atom is -0.388 e. The molecule has 0 spiro atoms. The summed E-state index contributed by atoms with van der Waals surface area (Å²) in [4.78, 5) is 14.9. The van der Waals surface area contributed by atoms with E-state index in [0.29, 0.717) is 12.1 Å². The number of benzene rings is 2. The highest BCUT2D eigenvalue weighted by atomic mass is 32.2. The predicted molar refractivity (Wildman–Crippen MR) is 90.7 cm³/mol. The summed E-state index contributed by atoms with van der Waals surface area (Å²) in [5.41, 5.74) is 1.44. The lowest BCUT2D eigenvalue weighted by molar-refractivity contribution is -0.132. The van der Waals surface area contributed by atoms with Crippen LogP contribution in [0.15, 0.2) is 53.4 Å². The van der Waals surface area contributed by atoms with Crippen molar-refractivity contribution in [3.63, 3.8) is 0 Å². The van der Waals surface area contributed by atoms with E-state index in [9.17, 15) is 14.3 Å². The molecule has 0 radical (unpaired) electrons. The van der Waals surface area contributed by atoms with Crippen LogP contribution in [0.1, 0.15) is 23.7 Å². The largest absolute Gasteiger partial charge is 0.388 e. The van der Waals surface area contributed by atoms with Crippen LogP contribution in [0.5, 0.6) is 0 Å². The Balaban J connectivity index is 1.93. The van der Waals surface area contributed by atoms with Crippen molar-refractivity contribution in [1.29, 1.82) is 0 Å². The van der Waals surface area contributed by atoms with E-state index in [4.69, 9.17) is 0 Å². The van der Waals surface area contributed by atoms with E-state index in [-0.39, 0.29) is 12.3 Å². The number of amides is 1. The molecule has 2 rings (SSSR count). The molecule has 0 saturated heterocycles. The van der Waals surface area contributed by atoms with Crippen molar-refractivity contribution < 1.29 is 14.3 Å². The van der Waals surface area contributed by atoms with Crippen molar-refractivity contribution in [2.24, 2.45) is 0 Å². The first kappa shape index (κ1) is 17.5. The average Bonchev–Trinajstić information content (AvgIpc) is 2.55. The fourth-order valence-electron chi connectivity index (χ4n) is 2.25. The van der Waals surface area contributed by atoms with E-state index < -0.39 is 11.9 Å². The van der Waals surface area contributed by atoms with Crippen LogP contribution in [0.4, 0.5) is 4.39 Å². The van der Waals surface area contributed by atoms with Crippen LogP contribution in [0.25, 0.3) is 0 Å². The molecule has 1 amide bonds. The highest BCUT2D eigenvalue weighted by Crippen LogP contribution is 2.19. The highest BCUT2D eigenvalue weighted by Gasteiger charge is 2.17. The van der Waals surface area contributed by atoms with Crippen LogP contribution >= 0.6 is 11.8 Å². The summed E-state index contributed by atoms with van der Waals surface area (Å²) in [6, 6.07) is 13.7. The summed E-state index contributed by atoms with van der Waals surface area (Å²) in [6.07, 6.45) is 0.945. The molecule has 0 fully saturated rings. The van der Waals surface area contributed by atoms with Crippen LogP contribution in [-0.4, -0.2) is 29.2 Å². The van der Waals surface area contributed by atoms with Gasteiger partial charge in [0, 0.05) is 18.5 Å². The maximum atomic E-state index is 13.2. The van der Waals surface area contributed by atoms with E-state index in [1.807, 2.05) is 30.5 Å². The topological polar surface area (TPSA) is 40.5 Å². The summed E-state index contributed by atoms with van der Waals surface area (Å²) in [7, 11) is 1.70. The fraction of sp³-hybridized carbons (Fsp3) is 0.278. The summed E-state index contributed by atoms with van der Waals surface area (Å²) in [6.45, 7) is 0.476. The molecule has 2 aromatic rings. The lowest BCUT2D eigenvalue weighted by atomic mass is 10.1. The Hall–Kier alpha value is -1.85. The zero-order valence-electron chi connectivity index (χ0n) is 13.2. The van der Waals surface area contributed by atoms with Gasteiger partial charge in [0.25, 0.3) is 0 Å². The van der Waals surface area contributed by atoms with Crippen LogP contribution in [0.2, 0.25) is 0 Å². The second-order valence-electron chi connectivity index (χ2n) is 5.37. The molecule has 5 heteroatoms. The first-order chi connectivity index (χ1) is 11.0. The minimum absolute atomic E-state index is 0.0666. The van der Waals surface area contributed by atoms with Crippen molar-refractivity contribution in [3.05, 3.63) is 65.5 Å². The molecule has 1 N–H and O–H groups in total. The van der Waals surface area contributed by atoms with E-state index in [0.717, 1.165) is 5.56 Å². The van der Waals surface area contributed by atoms with Gasteiger partial charge in [0.2, 0.25) is 5.91 Å². The maximum Gasteiger partial charge on any atom is 0.225 e. The third-order valence-electron chi connectivity index (χ3n) is 3.61. The van der Waals surface area contributed by atoms with Gasteiger partial charge in [-0.1, -0.05) is 24.3 Å². The van der Waals surface area contributed by atoms with E-state index in [1.165, 1.54) is 23.1 Å². The van der Waals surface area contributed by atoms with Gasteiger partial charge in [-0.3, -0.25) is 4.79 Å². The van der Waals surface area contributed by atoms with Crippen molar-refractivity contribution in [1.82, 2.24) is 4.90 Å². The number of thioether (sulfide) groups is 1. The molecule has 122 valence electrons. The normalized spacial score (nSPS) is 12.0. The summed E-state index contributed by atoms with van der Waals surface area (Å²) in [5.74, 6) is -0.605. The molecule has 3 nitrogen and oxygen atoms in total. The number of rotatable bonds is 6. The Morgan fingerprint density at radius 3 is 2.57 bits per heavy atom. The van der Waals surface area contributed by atoms with Crippen LogP contribution < -0.4 is 0 Å². The zero-order valence-corrected chi connectivity index (χ0v) is 14.0. The van der Waals surface area contributed by atoms with Crippen LogP contribution in [0.3, 0.4) is 0 Å². The lowest BCUT2D eigenvalue weighted by Gasteiger charge is -2.19. The summed E-state index contributed by atoms with van der Waals surface area (Å²) >= 11 is 1.67. The van der Waals surface area contributed by atoms with Crippen molar-refractivity contribution in [2.45, 2.75) is 24.0 Å². The monoisotopic (exact) mass is 333 g/mol. The molecule has 2 aromatic carbocycles. The van der Waals surface area contributed by atoms with Crippen molar-refractivity contribution in [2.75, 3.05) is 13.3 Å². The molecule has 0 heterocycles. The third-order valence-corrected chi connectivity index (χ3v) is 4.35. The first-order valence-electron chi connectivity index (χ1n) is 7.30. The summed E-state index contributed by atoms with van der Waals surface area (Å²) < 4.78 is 13.2. The number of aliphatic hydroxyl groups is 1. The second kappa shape index (κ2) is 8.13. The quantitative estimate of drug-likeness (QED) is 0.821. The number of carbonyl (C=O) groups excluding carboxylic acids is 1. The van der Waals surface area contributed by atoms with E-state index in [1.54, 1.807) is 29.8 Å². The minimum atomic E-state index is -1.00. The SMILES string of the molecule is CSc1ccc(CN(C)C(=O)CC(O)c2cccc(F)c2)cc1. The van der Waals surface area contributed by atoms with Gasteiger partial charge < -0.3 is 10.0 Å². The Bertz CT molecular complexity index is 660. The molecule has 0 aliphatic carbocycles. The average molecular weight is 333 g/mol. The number of carbonyl (C=O) groups is 1. The molecular weight excluding hydrogens is 313 g/mol. The number of hydrogen-bond donors (Lipinski definition) is 1. The van der Waals surface area contributed by atoms with Gasteiger partial charge in [-0.25, -0.2) is 4.39 Å². The van der Waals surface area contributed by atoms with Gasteiger partial charge in [0.05, 0.1) is 12.5 Å². The van der Waals surface area contributed by atoms with E-state index >= 15 is 0 Å². The summed E-state index contributed by atoms with van der Waals surface area (Å²) in [5, 5.41) is 10.1. The van der Waals surface area contributed by atoms with Gasteiger partial charge in [-0.05, 0) is 41.6 Å². The Kier molecular flexibility index (Phi) is 6.19. The van der Waals surface area contributed by atoms with Gasteiger partial charge >= 0.3 is 0 Å². The van der Waals surface area contributed by atoms with Crippen molar-refractivity contribution >= 4 is 17.7 Å². The molecule has 0 saturated carbocycles. The predicted octanol–water partition coefficient (Wildman–Crippen LogP) is 3.63. The van der Waals surface area contributed by atoms with Crippen LogP contribution in [-0.2, 0) is 11.3 Å². The lowest BCUT2D eigenvalue weighted by Crippen LogP contribution is -2.27. The molecular formula is C18H20FNO2S. The Morgan fingerprint density at radius 2 is 1.96 bits per heavy atom. The number of aliphatic hydroxyl groups excluding tert-OH is 1. The Labute approximate surface area is 140 Å². The highest BCUT2D eigenvalue weighted by molar-refractivity contribution is 7.98. The number of nitrogens with zero attached hydrogens (tertiary/aromatic N) is 1. The maximum absolute atomic E-state index is 13.2. The second-order valence-corrected chi connectivity index (χ2v) is 6.25. The zero-order chi connectivity index (χ0) is 16.8. The molecule has 0 bridgehead atoms. The molecule has 1 atom stereocenters. The standard InChI is InChI=1S/C18H20FNO2S/c1-20(12-13-6-8-16(23-2)9-7-13)18(22)11-17(21)14-4-3-5-15(19)10-14/h3-10,17,21H,11-12H2,1-2H3. The third kappa shape index (κ3) is 5.08. The molecule has 23 heavy (non-hydrogen) atoms. The van der Waals surface area contributed by atoms with Crippen molar-refractivity contribution in [3.8, 4) is 0 Å². The van der Waals surface area contributed by atoms with Gasteiger partial charge in [0.1, 0.15) is 5.82 Å². The fourth-order valence-corrected chi connectivity index (χ4v) is 2.65. The molecule has 0 aromatic heterocycles. The first-order valence-corrected chi connectivity index (χ1v) is 8.52. The van der Waals surface area contributed by atoms with Gasteiger partial charge in [-0.15, -0.1) is 11.8 Å². The van der Waals surface area contributed by atoms with E-state index in [2.05, 4.69) is 0 Å². The molecule has 0 aliphatic heterocycles. The molecule has 0 aliphatic rings. The molecule has 1 unspecified atom stereocenters. The van der Waals surface area contributed by atoms with Crippen LogP contribution in [0, 0.1) is 5.82 Å².